The maximum absolute atomic E-state index is 6.19. The molecular formula is C56H41N3. The number of aromatic nitrogens is 1. The van der Waals surface area contributed by atoms with Gasteiger partial charge in [0.2, 0.25) is 0 Å². The summed E-state index contributed by atoms with van der Waals surface area (Å²) in [6, 6.07) is 64.3. The fourth-order valence-electron chi connectivity index (χ4n) is 9.61. The van der Waals surface area contributed by atoms with Crippen LogP contribution in [0.25, 0.3) is 70.9 Å². The second kappa shape index (κ2) is 14.5. The standard InChI is InChI=1S/C56H41N3/c57-30-29-54-51(36-45-16-10-11-31-58-45)50-34-42(26-28-53(50)59(54)46-17-2-1-3-18-46)41-25-27-49-52(35-41)56(44-24-22-38-13-5-7-15-40(38)33-44)48-20-9-8-19-47(48)55(49)43-23-21-37-12-4-6-14-39(37)32-43/h1-27,29-35,53H,28,36,57H2/b30-29-. The van der Waals surface area contributed by atoms with Crippen LogP contribution in [-0.4, -0.2) is 11.0 Å². The molecule has 0 radical (unpaired) electrons. The Bertz CT molecular complexity index is 3230. The van der Waals surface area contributed by atoms with Crippen molar-refractivity contribution < 1.29 is 0 Å². The highest BCUT2D eigenvalue weighted by atomic mass is 15.2. The maximum Gasteiger partial charge on any atom is 0.0630 e. The third-order valence-corrected chi connectivity index (χ3v) is 12.3. The van der Waals surface area contributed by atoms with Gasteiger partial charge in [-0.15, -0.1) is 0 Å². The molecule has 1 aromatic heterocycles. The summed E-state index contributed by atoms with van der Waals surface area (Å²) in [6.07, 6.45) is 12.1. The lowest BCUT2D eigenvalue weighted by Gasteiger charge is -2.31. The summed E-state index contributed by atoms with van der Waals surface area (Å²) in [6.45, 7) is 0. The van der Waals surface area contributed by atoms with Gasteiger partial charge in [-0.2, -0.15) is 0 Å². The molecule has 8 aromatic carbocycles. The van der Waals surface area contributed by atoms with Crippen molar-refractivity contribution >= 4 is 54.4 Å². The van der Waals surface area contributed by atoms with Crippen molar-refractivity contribution in [3.05, 3.63) is 235 Å². The largest absolute Gasteiger partial charge is 0.405 e. The monoisotopic (exact) mass is 755 g/mol. The minimum atomic E-state index is 0.142. The highest BCUT2D eigenvalue weighted by Crippen LogP contribution is 2.48. The van der Waals surface area contributed by atoms with E-state index in [2.05, 4.69) is 193 Å². The fraction of sp³-hybridized carbons (Fsp3) is 0.0536. The second-order valence-electron chi connectivity index (χ2n) is 15.6. The number of benzene rings is 8. The van der Waals surface area contributed by atoms with E-state index in [0.717, 1.165) is 23.5 Å². The summed E-state index contributed by atoms with van der Waals surface area (Å²) in [4.78, 5) is 7.23. The number of para-hydroxylation sites is 1. The van der Waals surface area contributed by atoms with E-state index in [-0.39, 0.29) is 6.04 Å². The van der Waals surface area contributed by atoms with Crippen LogP contribution in [0.15, 0.2) is 223 Å². The summed E-state index contributed by atoms with van der Waals surface area (Å²) >= 11 is 0. The minimum absolute atomic E-state index is 0.142. The van der Waals surface area contributed by atoms with Gasteiger partial charge in [-0.05, 0) is 155 Å². The van der Waals surface area contributed by atoms with Gasteiger partial charge in [-0.1, -0.05) is 140 Å². The first kappa shape index (κ1) is 34.7. The topological polar surface area (TPSA) is 42.1 Å². The SMILES string of the molecule is N/C=C\C1=C(Cc2ccccn2)C2=CC(c3ccc4c(-c5ccc6ccccc6c5)c5ccccc5c(-c5ccc6ccccc6c5)c4c3)=CCC2N1c1ccccc1. The molecule has 2 heterocycles. The molecule has 1 unspecified atom stereocenters. The Morgan fingerprint density at radius 1 is 0.559 bits per heavy atom. The molecule has 3 nitrogen and oxygen atoms in total. The molecule has 0 fully saturated rings. The molecule has 59 heavy (non-hydrogen) atoms. The molecule has 11 rings (SSSR count). The van der Waals surface area contributed by atoms with Crippen LogP contribution >= 0.6 is 0 Å². The Morgan fingerprint density at radius 2 is 1.15 bits per heavy atom. The molecule has 1 atom stereocenters. The molecule has 280 valence electrons. The number of allylic oxidation sites excluding steroid dienone is 3. The molecule has 2 N–H and O–H groups in total. The fourth-order valence-corrected chi connectivity index (χ4v) is 9.61. The predicted molar refractivity (Wildman–Crippen MR) is 249 cm³/mol. The zero-order valence-electron chi connectivity index (χ0n) is 32.6. The number of pyridine rings is 1. The maximum atomic E-state index is 6.19. The van der Waals surface area contributed by atoms with Crippen LogP contribution in [0.2, 0.25) is 0 Å². The lowest BCUT2D eigenvalue weighted by atomic mass is 9.83. The van der Waals surface area contributed by atoms with Crippen LogP contribution in [0.3, 0.4) is 0 Å². The summed E-state index contributed by atoms with van der Waals surface area (Å²) in [5, 5.41) is 9.96. The van der Waals surface area contributed by atoms with Crippen LogP contribution in [0, 0.1) is 0 Å². The van der Waals surface area contributed by atoms with Crippen molar-refractivity contribution in [3.8, 4) is 22.3 Å². The lowest BCUT2D eigenvalue weighted by molar-refractivity contribution is 0.766. The number of nitrogens with zero attached hydrogens (tertiary/aromatic N) is 2. The zero-order chi connectivity index (χ0) is 39.3. The second-order valence-corrected chi connectivity index (χ2v) is 15.6. The first-order valence-corrected chi connectivity index (χ1v) is 20.5. The number of fused-ring (bicyclic) bond motifs is 5. The number of hydrogen-bond donors (Lipinski definition) is 1. The number of rotatable bonds is 7. The molecule has 0 bridgehead atoms. The third-order valence-electron chi connectivity index (χ3n) is 12.3. The molecule has 9 aromatic rings. The number of nitrogens with two attached hydrogens (primary N) is 1. The molecule has 2 aliphatic rings. The highest BCUT2D eigenvalue weighted by Gasteiger charge is 2.37. The van der Waals surface area contributed by atoms with Crippen molar-refractivity contribution in [2.45, 2.75) is 18.9 Å². The van der Waals surface area contributed by atoms with Gasteiger partial charge in [0, 0.05) is 29.7 Å². The van der Waals surface area contributed by atoms with Gasteiger partial charge in [-0.25, -0.2) is 0 Å². The third kappa shape index (κ3) is 6.02. The highest BCUT2D eigenvalue weighted by molar-refractivity contribution is 6.22. The molecule has 1 aliphatic carbocycles. The van der Waals surface area contributed by atoms with Crippen LogP contribution in [0.5, 0.6) is 0 Å². The van der Waals surface area contributed by atoms with Gasteiger partial charge in [0.15, 0.2) is 0 Å². The Morgan fingerprint density at radius 3 is 1.81 bits per heavy atom. The van der Waals surface area contributed by atoms with Gasteiger partial charge in [0.05, 0.1) is 6.04 Å². The molecular weight excluding hydrogens is 715 g/mol. The summed E-state index contributed by atoms with van der Waals surface area (Å²) < 4.78 is 0. The normalized spacial score (nSPS) is 15.4. The Hall–Kier alpha value is -7.49. The molecule has 0 spiro atoms. The summed E-state index contributed by atoms with van der Waals surface area (Å²) in [7, 11) is 0. The van der Waals surface area contributed by atoms with Crippen LogP contribution < -0.4 is 10.6 Å². The van der Waals surface area contributed by atoms with Gasteiger partial charge < -0.3 is 10.6 Å². The molecule has 3 heteroatoms. The Balaban J connectivity index is 1.14. The average Bonchev–Trinajstić information content (AvgIpc) is 3.59. The van der Waals surface area contributed by atoms with E-state index in [4.69, 9.17) is 10.7 Å². The summed E-state index contributed by atoms with van der Waals surface area (Å²) in [5.74, 6) is 0. The lowest BCUT2D eigenvalue weighted by Crippen LogP contribution is -2.31. The number of anilines is 1. The van der Waals surface area contributed by atoms with Crippen LogP contribution in [0.4, 0.5) is 5.69 Å². The van der Waals surface area contributed by atoms with Gasteiger partial charge in [0.25, 0.3) is 0 Å². The van der Waals surface area contributed by atoms with E-state index in [1.807, 2.05) is 12.3 Å². The van der Waals surface area contributed by atoms with Crippen molar-refractivity contribution in [1.29, 1.82) is 0 Å². The first-order valence-electron chi connectivity index (χ1n) is 20.5. The first-order chi connectivity index (χ1) is 29.2. The van der Waals surface area contributed by atoms with E-state index < -0.39 is 0 Å². The van der Waals surface area contributed by atoms with Gasteiger partial charge in [0.1, 0.15) is 0 Å². The van der Waals surface area contributed by atoms with Gasteiger partial charge >= 0.3 is 0 Å². The molecule has 0 saturated carbocycles. The van der Waals surface area contributed by atoms with Crippen molar-refractivity contribution in [2.75, 3.05) is 4.90 Å². The minimum Gasteiger partial charge on any atom is -0.405 e. The molecule has 0 saturated heterocycles. The summed E-state index contributed by atoms with van der Waals surface area (Å²) in [5.41, 5.74) is 19.5. The Labute approximate surface area is 344 Å². The van der Waals surface area contributed by atoms with E-state index in [0.29, 0.717) is 6.42 Å². The van der Waals surface area contributed by atoms with E-state index in [1.165, 1.54) is 87.6 Å². The van der Waals surface area contributed by atoms with Crippen molar-refractivity contribution in [3.63, 3.8) is 0 Å². The zero-order valence-corrected chi connectivity index (χ0v) is 32.6. The predicted octanol–water partition coefficient (Wildman–Crippen LogP) is 13.6. The van der Waals surface area contributed by atoms with Crippen LogP contribution in [-0.2, 0) is 6.42 Å². The quantitative estimate of drug-likeness (QED) is 0.165. The van der Waals surface area contributed by atoms with Crippen LogP contribution in [0.1, 0.15) is 17.7 Å². The smallest absolute Gasteiger partial charge is 0.0630 e. The number of hydrogen-bond acceptors (Lipinski definition) is 3. The van der Waals surface area contributed by atoms with E-state index >= 15 is 0 Å². The van der Waals surface area contributed by atoms with E-state index in [1.54, 1.807) is 6.20 Å². The molecule has 0 amide bonds. The Kier molecular flexibility index (Phi) is 8.52. The van der Waals surface area contributed by atoms with E-state index in [9.17, 15) is 0 Å². The van der Waals surface area contributed by atoms with Gasteiger partial charge in [-0.3, -0.25) is 4.98 Å². The van der Waals surface area contributed by atoms with Crippen molar-refractivity contribution in [2.24, 2.45) is 5.73 Å². The molecule has 1 aliphatic heterocycles. The van der Waals surface area contributed by atoms with Crippen molar-refractivity contribution in [1.82, 2.24) is 4.98 Å². The average molecular weight is 756 g/mol.